The molecule has 4 aromatic rings. The molecule has 7 nitrogen and oxygen atoms in total. The van der Waals surface area contributed by atoms with E-state index in [1.807, 2.05) is 54.6 Å². The summed E-state index contributed by atoms with van der Waals surface area (Å²) in [4.78, 5) is 34.1. The zero-order valence-corrected chi connectivity index (χ0v) is 18.7. The smallest absolute Gasteiger partial charge is 0.267 e. The molecule has 0 bridgehead atoms. The molecule has 2 aromatic carbocycles. The molecule has 1 fully saturated rings. The van der Waals surface area contributed by atoms with Crippen LogP contribution in [0.5, 0.6) is 0 Å². The van der Waals surface area contributed by atoms with Crippen molar-refractivity contribution in [2.75, 3.05) is 16.5 Å². The van der Waals surface area contributed by atoms with Gasteiger partial charge in [-0.3, -0.25) is 15.0 Å². The molecule has 1 saturated heterocycles. The molecule has 2 aliphatic rings. The zero-order chi connectivity index (χ0) is 22.6. The van der Waals surface area contributed by atoms with Gasteiger partial charge in [0.25, 0.3) is 11.8 Å². The van der Waals surface area contributed by atoms with Crippen LogP contribution < -0.4 is 10.7 Å². The van der Waals surface area contributed by atoms with Crippen LogP contribution in [0.25, 0.3) is 22.2 Å². The lowest BCUT2D eigenvalue weighted by Gasteiger charge is -2.33. The highest BCUT2D eigenvalue weighted by Gasteiger charge is 2.59. The maximum absolute atomic E-state index is 13.3. The van der Waals surface area contributed by atoms with E-state index < -0.39 is 4.87 Å². The Hall–Kier alpha value is -3.62. The van der Waals surface area contributed by atoms with Gasteiger partial charge in [0.1, 0.15) is 0 Å². The third-order valence-corrected chi connectivity index (χ3v) is 7.50. The quantitative estimate of drug-likeness (QED) is 0.450. The summed E-state index contributed by atoms with van der Waals surface area (Å²) in [7, 11) is 0. The van der Waals surface area contributed by atoms with E-state index in [1.54, 1.807) is 18.3 Å². The zero-order valence-electron chi connectivity index (χ0n) is 17.1. The normalized spacial score (nSPS) is 19.2. The Kier molecular flexibility index (Phi) is 4.53. The van der Waals surface area contributed by atoms with Crippen molar-refractivity contribution < 1.29 is 9.59 Å². The Morgan fingerprint density at radius 3 is 2.76 bits per heavy atom. The second kappa shape index (κ2) is 7.47. The van der Waals surface area contributed by atoms with Crippen LogP contribution in [0, 0.1) is 0 Å². The molecule has 1 spiro atoms. The largest absolute Gasteiger partial charge is 0.321 e. The predicted octanol–water partition coefficient (Wildman–Crippen LogP) is 4.66. The van der Waals surface area contributed by atoms with Gasteiger partial charge in [-0.15, -0.1) is 11.8 Å². The van der Waals surface area contributed by atoms with Crippen LogP contribution in [0.3, 0.4) is 0 Å². The summed E-state index contributed by atoms with van der Waals surface area (Å²) in [6.45, 7) is 0. The first-order valence-corrected chi connectivity index (χ1v) is 11.6. The minimum absolute atomic E-state index is 0.138. The average Bonchev–Trinajstić information content (AvgIpc) is 3.32. The number of pyridine rings is 2. The fourth-order valence-corrected chi connectivity index (χ4v) is 5.73. The first-order chi connectivity index (χ1) is 16.1. The van der Waals surface area contributed by atoms with Crippen LogP contribution in [0.2, 0.25) is 5.02 Å². The van der Waals surface area contributed by atoms with E-state index >= 15 is 0 Å². The molecule has 2 N–H and O–H groups in total. The van der Waals surface area contributed by atoms with E-state index in [4.69, 9.17) is 16.6 Å². The molecular formula is C24H16ClN5O2S. The number of carbonyl (C=O) groups excluding carboxylic acids is 2. The number of halogens is 1. The number of benzene rings is 2. The molecule has 0 saturated carbocycles. The lowest BCUT2D eigenvalue weighted by molar-refractivity contribution is -0.134. The second-order valence-electron chi connectivity index (χ2n) is 7.69. The van der Waals surface area contributed by atoms with E-state index in [1.165, 1.54) is 16.8 Å². The van der Waals surface area contributed by atoms with Crippen molar-refractivity contribution >= 4 is 57.7 Å². The van der Waals surface area contributed by atoms with Crippen molar-refractivity contribution in [1.29, 1.82) is 0 Å². The van der Waals surface area contributed by atoms with Crippen LogP contribution in [-0.2, 0) is 14.5 Å². The Morgan fingerprint density at radius 1 is 1.06 bits per heavy atom. The molecule has 0 radical (unpaired) electrons. The molecule has 1 atom stereocenters. The van der Waals surface area contributed by atoms with Crippen molar-refractivity contribution in [1.82, 2.24) is 15.0 Å². The number of anilines is 2. The van der Waals surface area contributed by atoms with E-state index in [9.17, 15) is 9.59 Å². The molecule has 162 valence electrons. The Balaban J connectivity index is 1.52. The Bertz CT molecular complexity index is 1450. The topological polar surface area (TPSA) is 87.2 Å². The molecule has 6 rings (SSSR count). The summed E-state index contributed by atoms with van der Waals surface area (Å²) >= 11 is 7.60. The fraction of sp³-hybridized carbons (Fsp3) is 0.0833. The van der Waals surface area contributed by atoms with Crippen molar-refractivity contribution in [2.24, 2.45) is 0 Å². The van der Waals surface area contributed by atoms with Gasteiger partial charge in [-0.25, -0.2) is 15.0 Å². The van der Waals surface area contributed by atoms with Gasteiger partial charge in [-0.1, -0.05) is 54.1 Å². The van der Waals surface area contributed by atoms with Gasteiger partial charge < -0.3 is 5.32 Å². The van der Waals surface area contributed by atoms with Crippen LogP contribution in [0.15, 0.2) is 72.9 Å². The number of hydrogen-bond donors (Lipinski definition) is 2. The van der Waals surface area contributed by atoms with Gasteiger partial charge in [-0.05, 0) is 29.8 Å². The van der Waals surface area contributed by atoms with Crippen molar-refractivity contribution in [3.05, 3.63) is 83.5 Å². The molecule has 1 unspecified atom stereocenters. The lowest BCUT2D eigenvalue weighted by Crippen LogP contribution is -2.50. The van der Waals surface area contributed by atoms with Gasteiger partial charge in [0, 0.05) is 22.7 Å². The maximum atomic E-state index is 13.3. The average molecular weight is 474 g/mol. The number of fused-ring (bicyclic) bond motifs is 3. The maximum Gasteiger partial charge on any atom is 0.267 e. The first kappa shape index (κ1) is 20.0. The number of amides is 2. The van der Waals surface area contributed by atoms with Gasteiger partial charge in [0.15, 0.2) is 11.5 Å². The Morgan fingerprint density at radius 2 is 1.91 bits per heavy atom. The third kappa shape index (κ3) is 2.98. The molecule has 2 aromatic heterocycles. The number of nitrogens with zero attached hydrogens (tertiary/aromatic N) is 3. The summed E-state index contributed by atoms with van der Waals surface area (Å²) in [5, 5.41) is 5.52. The van der Waals surface area contributed by atoms with Gasteiger partial charge in [0.05, 0.1) is 16.5 Å². The van der Waals surface area contributed by atoms with Crippen molar-refractivity contribution in [3.63, 3.8) is 0 Å². The number of hydrogen-bond acceptors (Lipinski definition) is 6. The third-order valence-electron chi connectivity index (χ3n) is 5.79. The van der Waals surface area contributed by atoms with Gasteiger partial charge in [-0.2, -0.15) is 0 Å². The monoisotopic (exact) mass is 473 g/mol. The number of thioether (sulfide) groups is 1. The summed E-state index contributed by atoms with van der Waals surface area (Å²) in [6.07, 6.45) is 1.67. The van der Waals surface area contributed by atoms with E-state index in [0.29, 0.717) is 27.7 Å². The summed E-state index contributed by atoms with van der Waals surface area (Å²) in [6, 6.07) is 20.8. The van der Waals surface area contributed by atoms with E-state index in [2.05, 4.69) is 15.7 Å². The highest BCUT2D eigenvalue weighted by Crippen LogP contribution is 2.53. The molecule has 2 amide bonds. The first-order valence-electron chi connectivity index (χ1n) is 10.2. The van der Waals surface area contributed by atoms with E-state index in [0.717, 1.165) is 16.5 Å². The summed E-state index contributed by atoms with van der Waals surface area (Å²) in [5.41, 5.74) is 6.60. The molecular weight excluding hydrogens is 458 g/mol. The lowest BCUT2D eigenvalue weighted by atomic mass is 10.0. The number of carbonyl (C=O) groups is 2. The second-order valence-corrected chi connectivity index (χ2v) is 9.27. The van der Waals surface area contributed by atoms with Gasteiger partial charge >= 0.3 is 0 Å². The molecule has 2 aliphatic heterocycles. The highest BCUT2D eigenvalue weighted by atomic mass is 35.5. The number of nitrogens with one attached hydrogen (secondary N) is 2. The molecule has 4 heterocycles. The summed E-state index contributed by atoms with van der Waals surface area (Å²) < 4.78 is 0. The SMILES string of the molecule is O=C1CSC2(C(=O)Nc3c(Cl)cccc32)N1Nc1nc2ncccc2cc1-c1ccccc1. The minimum atomic E-state index is -1.29. The number of para-hydroxylation sites is 1. The predicted molar refractivity (Wildman–Crippen MR) is 130 cm³/mol. The highest BCUT2D eigenvalue weighted by molar-refractivity contribution is 8.02. The van der Waals surface area contributed by atoms with Crippen LogP contribution in [0.1, 0.15) is 5.56 Å². The van der Waals surface area contributed by atoms with E-state index in [-0.39, 0.29) is 17.6 Å². The number of rotatable bonds is 3. The number of aromatic nitrogens is 2. The van der Waals surface area contributed by atoms with Gasteiger partial charge in [0.2, 0.25) is 4.87 Å². The van der Waals surface area contributed by atoms with Crippen molar-refractivity contribution in [3.8, 4) is 11.1 Å². The summed E-state index contributed by atoms with van der Waals surface area (Å²) in [5.74, 6) is 0.0173. The molecule has 0 aliphatic carbocycles. The fourth-order valence-electron chi connectivity index (χ4n) is 4.27. The van der Waals surface area contributed by atoms with Crippen LogP contribution in [0.4, 0.5) is 11.5 Å². The molecule has 9 heteroatoms. The van der Waals surface area contributed by atoms with Crippen LogP contribution >= 0.6 is 23.4 Å². The van der Waals surface area contributed by atoms with Crippen molar-refractivity contribution in [2.45, 2.75) is 4.87 Å². The Labute approximate surface area is 198 Å². The number of hydrazine groups is 1. The van der Waals surface area contributed by atoms with Crippen LogP contribution in [-0.4, -0.2) is 32.5 Å². The standard InChI is InChI=1S/C24H16ClN5O2S/c25-18-10-4-9-17-20(18)27-23(32)24(17)30(19(31)13-33-24)29-22-16(14-6-2-1-3-7-14)12-15-8-5-11-26-21(15)28-22/h1-12H,13H2,(H,27,32)(H,26,28,29). The molecule has 33 heavy (non-hydrogen) atoms. The minimum Gasteiger partial charge on any atom is -0.321 e.